The van der Waals surface area contributed by atoms with Crippen molar-refractivity contribution < 1.29 is 14.3 Å². The van der Waals surface area contributed by atoms with Crippen molar-refractivity contribution in [3.8, 4) is 5.75 Å². The molecule has 1 aromatic heterocycles. The van der Waals surface area contributed by atoms with Crippen LogP contribution in [0.2, 0.25) is 0 Å². The van der Waals surface area contributed by atoms with Crippen LogP contribution in [0, 0.1) is 0 Å². The predicted molar refractivity (Wildman–Crippen MR) is 133 cm³/mol. The van der Waals surface area contributed by atoms with Crippen LogP contribution in [0.1, 0.15) is 5.56 Å². The van der Waals surface area contributed by atoms with Gasteiger partial charge < -0.3 is 24.8 Å². The highest BCUT2D eigenvalue weighted by Gasteiger charge is 2.27. The van der Waals surface area contributed by atoms with Crippen LogP contribution < -0.4 is 15.0 Å². The van der Waals surface area contributed by atoms with Crippen LogP contribution >= 0.6 is 24.0 Å². The van der Waals surface area contributed by atoms with Crippen LogP contribution in [-0.4, -0.2) is 84.7 Å². The van der Waals surface area contributed by atoms with Gasteiger partial charge in [0.05, 0.1) is 11.9 Å². The van der Waals surface area contributed by atoms with Crippen molar-refractivity contribution in [2.24, 2.45) is 12.0 Å². The Labute approximate surface area is 205 Å². The molecule has 0 unspecified atom stereocenters. The molecule has 2 amide bonds. The van der Waals surface area contributed by atoms with Gasteiger partial charge >= 0.3 is 0 Å². The molecule has 1 saturated heterocycles. The topological polar surface area (TPSA) is 95.3 Å². The summed E-state index contributed by atoms with van der Waals surface area (Å²) in [5.41, 5.74) is 1.79. The summed E-state index contributed by atoms with van der Waals surface area (Å²) in [5.74, 6) is 1.19. The van der Waals surface area contributed by atoms with Crippen LogP contribution in [0.15, 0.2) is 41.7 Å². The maximum Gasteiger partial charge on any atom is 0.259 e. The molecule has 0 spiro atoms. The number of hydrogen-bond donors (Lipinski definition) is 1. The van der Waals surface area contributed by atoms with Gasteiger partial charge in [0, 0.05) is 54.0 Å². The average Bonchev–Trinajstić information content (AvgIpc) is 3.18. The van der Waals surface area contributed by atoms with E-state index in [1.807, 2.05) is 42.4 Å². The number of carbonyl (C=O) groups excluding carboxylic acids is 2. The number of benzene rings is 1. The van der Waals surface area contributed by atoms with Gasteiger partial charge in [-0.3, -0.25) is 19.3 Å². The molecule has 1 N–H and O–H groups in total. The van der Waals surface area contributed by atoms with Gasteiger partial charge in [-0.05, 0) is 17.7 Å². The fraction of sp³-hybridized carbons (Fsp3) is 0.429. The Morgan fingerprint density at radius 1 is 1.31 bits per heavy atom. The number of nitrogens with zero attached hydrogens (tertiary/aromatic N) is 6. The first-order chi connectivity index (χ1) is 14.9. The molecular formula is C21H30IN7O3. The first-order valence-corrected chi connectivity index (χ1v) is 10.0. The number of carbonyl (C=O) groups is 2. The lowest BCUT2D eigenvalue weighted by molar-refractivity contribution is -0.130. The van der Waals surface area contributed by atoms with Gasteiger partial charge in [0.25, 0.3) is 5.91 Å². The minimum Gasteiger partial charge on any atom is -0.484 e. The van der Waals surface area contributed by atoms with Crippen LogP contribution in [0.25, 0.3) is 0 Å². The zero-order valence-corrected chi connectivity index (χ0v) is 21.1. The van der Waals surface area contributed by atoms with Crippen molar-refractivity contribution in [1.82, 2.24) is 24.9 Å². The first kappa shape index (κ1) is 25.4. The fourth-order valence-electron chi connectivity index (χ4n) is 3.21. The number of ether oxygens (including phenoxy) is 1. The lowest BCUT2D eigenvalue weighted by Gasteiger charge is -2.35. The summed E-state index contributed by atoms with van der Waals surface area (Å²) in [6.45, 7) is 1.98. The Kier molecular flexibility index (Phi) is 9.29. The van der Waals surface area contributed by atoms with Crippen molar-refractivity contribution in [2.75, 3.05) is 52.3 Å². The Balaban J connectivity index is 0.00000363. The van der Waals surface area contributed by atoms with E-state index in [0.717, 1.165) is 11.3 Å². The standard InChI is InChI=1S/C21H29N7O3.HI/c1-22-21(27-8-9-28(19(29)14-27)17-12-24-26(4)13-17)23-11-16-6-5-7-18(10-16)31-15-20(30)25(2)3;/h5-7,10,12-13H,8-9,11,14-15H2,1-4H3,(H,22,23);1H. The van der Waals surface area contributed by atoms with Gasteiger partial charge in [-0.2, -0.15) is 5.10 Å². The summed E-state index contributed by atoms with van der Waals surface area (Å²) in [7, 11) is 6.92. The van der Waals surface area contributed by atoms with E-state index >= 15 is 0 Å². The van der Waals surface area contributed by atoms with Crippen LogP contribution in [0.4, 0.5) is 5.69 Å². The lowest BCUT2D eigenvalue weighted by atomic mass is 10.2. The monoisotopic (exact) mass is 555 g/mol. The number of piperazine rings is 1. The van der Waals surface area contributed by atoms with Gasteiger partial charge in [-0.25, -0.2) is 0 Å². The van der Waals surface area contributed by atoms with Gasteiger partial charge in [0.1, 0.15) is 12.3 Å². The third-order valence-electron chi connectivity index (χ3n) is 4.95. The minimum absolute atomic E-state index is 0. The third kappa shape index (κ3) is 6.58. The smallest absolute Gasteiger partial charge is 0.259 e. The number of aromatic nitrogens is 2. The third-order valence-corrected chi connectivity index (χ3v) is 4.95. The van der Waals surface area contributed by atoms with E-state index in [1.54, 1.807) is 36.9 Å². The molecule has 11 heteroatoms. The normalized spacial score (nSPS) is 14.1. The number of amides is 2. The SMILES string of the molecule is CN=C(NCc1cccc(OCC(=O)N(C)C)c1)N1CCN(c2cnn(C)c2)C(=O)C1.I. The van der Waals surface area contributed by atoms with Crippen molar-refractivity contribution in [1.29, 1.82) is 0 Å². The van der Waals surface area contributed by atoms with Crippen molar-refractivity contribution in [3.05, 3.63) is 42.2 Å². The summed E-state index contributed by atoms with van der Waals surface area (Å²) >= 11 is 0. The van der Waals surface area contributed by atoms with E-state index in [-0.39, 0.29) is 48.9 Å². The number of anilines is 1. The number of halogens is 1. The fourth-order valence-corrected chi connectivity index (χ4v) is 3.21. The Hall–Kier alpha value is -2.83. The van der Waals surface area contributed by atoms with E-state index in [4.69, 9.17) is 4.74 Å². The number of rotatable bonds is 6. The predicted octanol–water partition coefficient (Wildman–Crippen LogP) is 0.929. The molecule has 32 heavy (non-hydrogen) atoms. The number of likely N-dealkylation sites (N-methyl/N-ethyl adjacent to an activating group) is 1. The maximum atomic E-state index is 12.6. The van der Waals surface area contributed by atoms with Crippen molar-refractivity contribution >= 4 is 47.4 Å². The Morgan fingerprint density at radius 2 is 2.09 bits per heavy atom. The number of aliphatic imine (C=N–C) groups is 1. The van der Waals surface area contributed by atoms with E-state index in [2.05, 4.69) is 15.4 Å². The van der Waals surface area contributed by atoms with Gasteiger partial charge in [0.2, 0.25) is 5.91 Å². The molecule has 1 aliphatic heterocycles. The molecule has 1 aliphatic rings. The molecule has 0 atom stereocenters. The molecular weight excluding hydrogens is 525 g/mol. The van der Waals surface area contributed by atoms with E-state index in [9.17, 15) is 9.59 Å². The zero-order chi connectivity index (χ0) is 22.4. The second-order valence-corrected chi connectivity index (χ2v) is 7.46. The summed E-state index contributed by atoms with van der Waals surface area (Å²) in [5, 5.41) is 7.44. The molecule has 1 aromatic carbocycles. The van der Waals surface area contributed by atoms with Crippen LogP contribution in [0.3, 0.4) is 0 Å². The summed E-state index contributed by atoms with van der Waals surface area (Å²) < 4.78 is 7.26. The molecule has 1 fully saturated rings. The van der Waals surface area contributed by atoms with Crippen molar-refractivity contribution in [3.63, 3.8) is 0 Å². The van der Waals surface area contributed by atoms with E-state index in [1.165, 1.54) is 4.90 Å². The summed E-state index contributed by atoms with van der Waals surface area (Å²) in [4.78, 5) is 33.8. The van der Waals surface area contributed by atoms with E-state index < -0.39 is 0 Å². The molecule has 0 bridgehead atoms. The highest BCUT2D eigenvalue weighted by molar-refractivity contribution is 14.0. The highest BCUT2D eigenvalue weighted by atomic mass is 127. The zero-order valence-electron chi connectivity index (χ0n) is 18.8. The molecule has 2 heterocycles. The Morgan fingerprint density at radius 3 is 2.72 bits per heavy atom. The molecule has 0 saturated carbocycles. The van der Waals surface area contributed by atoms with Crippen LogP contribution in [-0.2, 0) is 23.2 Å². The quantitative estimate of drug-likeness (QED) is 0.324. The van der Waals surface area contributed by atoms with Gasteiger partial charge in [0.15, 0.2) is 12.6 Å². The number of aryl methyl sites for hydroxylation is 1. The second-order valence-electron chi connectivity index (χ2n) is 7.46. The summed E-state index contributed by atoms with van der Waals surface area (Å²) in [6, 6.07) is 7.55. The Bertz CT molecular complexity index is 960. The highest BCUT2D eigenvalue weighted by Crippen LogP contribution is 2.17. The molecule has 3 rings (SSSR count). The molecule has 174 valence electrons. The van der Waals surface area contributed by atoms with Gasteiger partial charge in [-0.1, -0.05) is 12.1 Å². The summed E-state index contributed by atoms with van der Waals surface area (Å²) in [6.07, 6.45) is 3.53. The average molecular weight is 555 g/mol. The molecule has 0 radical (unpaired) electrons. The molecule has 2 aromatic rings. The maximum absolute atomic E-state index is 12.6. The van der Waals surface area contributed by atoms with Crippen molar-refractivity contribution in [2.45, 2.75) is 6.54 Å². The second kappa shape index (κ2) is 11.7. The molecule has 10 nitrogen and oxygen atoms in total. The van der Waals surface area contributed by atoms with Crippen LogP contribution in [0.5, 0.6) is 5.75 Å². The number of hydrogen-bond acceptors (Lipinski definition) is 5. The largest absolute Gasteiger partial charge is 0.484 e. The first-order valence-electron chi connectivity index (χ1n) is 10.0. The lowest BCUT2D eigenvalue weighted by Crippen LogP contribution is -2.55. The number of guanidine groups is 1. The number of nitrogens with one attached hydrogen (secondary N) is 1. The molecule has 0 aliphatic carbocycles. The van der Waals surface area contributed by atoms with E-state index in [0.29, 0.717) is 31.3 Å². The van der Waals surface area contributed by atoms with Gasteiger partial charge in [-0.15, -0.1) is 24.0 Å². The minimum atomic E-state index is -0.0981.